The monoisotopic (exact) mass is 253 g/mol. The number of halogens is 1. The summed E-state index contributed by atoms with van der Waals surface area (Å²) in [6.07, 6.45) is 1.81. The molecule has 1 fully saturated rings. The van der Waals surface area contributed by atoms with Crippen LogP contribution in [0.15, 0.2) is 0 Å². The molecule has 0 bridgehead atoms. The van der Waals surface area contributed by atoms with E-state index in [0.717, 1.165) is 12.7 Å². The second kappa shape index (κ2) is 3.94. The molecule has 0 aliphatic carbocycles. The molecule has 0 aromatic rings. The van der Waals surface area contributed by atoms with Gasteiger partial charge in [0.1, 0.15) is 4.75 Å². The molecule has 1 atom stereocenters. The number of sulfone groups is 1. The van der Waals surface area contributed by atoms with Crippen LogP contribution in [0.25, 0.3) is 0 Å². The molecule has 1 amide bonds. The third-order valence-electron chi connectivity index (χ3n) is 2.86. The van der Waals surface area contributed by atoms with Gasteiger partial charge in [-0.25, -0.2) is 8.42 Å². The first-order chi connectivity index (χ1) is 6.66. The van der Waals surface area contributed by atoms with Crippen molar-refractivity contribution in [3.05, 3.63) is 0 Å². The maximum absolute atomic E-state index is 11.9. The molecule has 6 heteroatoms. The summed E-state index contributed by atoms with van der Waals surface area (Å²) in [7, 11) is -3.39. The van der Waals surface area contributed by atoms with Crippen molar-refractivity contribution in [2.75, 3.05) is 19.3 Å². The third kappa shape index (κ3) is 2.45. The summed E-state index contributed by atoms with van der Waals surface area (Å²) in [5, 5.41) is -0.0516. The second-order valence-electron chi connectivity index (χ2n) is 4.42. The van der Waals surface area contributed by atoms with Crippen LogP contribution in [0, 0.1) is 0 Å². The van der Waals surface area contributed by atoms with Crippen LogP contribution in [0.3, 0.4) is 0 Å². The fourth-order valence-electron chi connectivity index (χ4n) is 1.44. The molecule has 0 aromatic carbocycles. The Hall–Kier alpha value is -0.290. The van der Waals surface area contributed by atoms with Crippen molar-refractivity contribution in [1.29, 1.82) is 0 Å². The molecule has 0 spiro atoms. The Morgan fingerprint density at radius 2 is 2.00 bits per heavy atom. The zero-order chi connectivity index (χ0) is 11.9. The van der Waals surface area contributed by atoms with Gasteiger partial charge in [0, 0.05) is 19.3 Å². The van der Waals surface area contributed by atoms with Crippen LogP contribution < -0.4 is 0 Å². The Morgan fingerprint density at radius 1 is 1.47 bits per heavy atom. The lowest BCUT2D eigenvalue weighted by Gasteiger charge is -2.27. The van der Waals surface area contributed by atoms with Gasteiger partial charge >= 0.3 is 0 Å². The highest BCUT2D eigenvalue weighted by Gasteiger charge is 2.42. The van der Waals surface area contributed by atoms with E-state index in [-0.39, 0.29) is 11.3 Å². The molecule has 4 nitrogen and oxygen atoms in total. The van der Waals surface area contributed by atoms with Crippen molar-refractivity contribution < 1.29 is 13.2 Å². The molecule has 0 aromatic heterocycles. The van der Waals surface area contributed by atoms with E-state index in [9.17, 15) is 13.2 Å². The molecular weight excluding hydrogens is 238 g/mol. The van der Waals surface area contributed by atoms with Crippen molar-refractivity contribution >= 4 is 27.3 Å². The molecule has 1 rings (SSSR count). The van der Waals surface area contributed by atoms with Gasteiger partial charge in [0.2, 0.25) is 5.91 Å². The summed E-state index contributed by atoms with van der Waals surface area (Å²) in [6.45, 7) is 3.86. The van der Waals surface area contributed by atoms with E-state index < -0.39 is 14.6 Å². The SMILES string of the molecule is CC(C)(C(=O)N1CCC(Cl)C1)S(C)(=O)=O. The zero-order valence-electron chi connectivity index (χ0n) is 9.16. The van der Waals surface area contributed by atoms with E-state index in [2.05, 4.69) is 0 Å². The molecule has 0 N–H and O–H groups in total. The molecule has 88 valence electrons. The highest BCUT2D eigenvalue weighted by Crippen LogP contribution is 2.23. The molecule has 1 saturated heterocycles. The largest absolute Gasteiger partial charge is 0.340 e. The number of likely N-dealkylation sites (tertiary alicyclic amines) is 1. The Kier molecular flexibility index (Phi) is 3.36. The maximum Gasteiger partial charge on any atom is 0.243 e. The lowest BCUT2D eigenvalue weighted by Crippen LogP contribution is -2.49. The van der Waals surface area contributed by atoms with Gasteiger partial charge in [0.05, 0.1) is 5.38 Å². The Bertz CT molecular complexity index is 364. The first kappa shape index (κ1) is 12.8. The number of nitrogens with zero attached hydrogens (tertiary/aromatic N) is 1. The number of rotatable bonds is 2. The third-order valence-corrected chi connectivity index (χ3v) is 5.24. The van der Waals surface area contributed by atoms with Crippen LogP contribution in [0.4, 0.5) is 0 Å². The molecule has 0 radical (unpaired) electrons. The smallest absolute Gasteiger partial charge is 0.243 e. The van der Waals surface area contributed by atoms with E-state index in [1.165, 1.54) is 18.7 Å². The predicted octanol–water partition coefficient (Wildman–Crippen LogP) is 0.649. The van der Waals surface area contributed by atoms with E-state index in [0.29, 0.717) is 13.1 Å². The van der Waals surface area contributed by atoms with Gasteiger partial charge in [-0.2, -0.15) is 0 Å². The molecule has 1 heterocycles. The Morgan fingerprint density at radius 3 is 2.33 bits per heavy atom. The number of carbonyl (C=O) groups is 1. The van der Waals surface area contributed by atoms with Crippen molar-refractivity contribution in [3.63, 3.8) is 0 Å². The fourth-order valence-corrected chi connectivity index (χ4v) is 2.15. The van der Waals surface area contributed by atoms with E-state index in [1.54, 1.807) is 0 Å². The Labute approximate surface area is 95.5 Å². The molecule has 1 aliphatic heterocycles. The van der Waals surface area contributed by atoms with Gasteiger partial charge < -0.3 is 4.90 Å². The average molecular weight is 254 g/mol. The molecular formula is C9H16ClNO3S. The van der Waals surface area contributed by atoms with Crippen molar-refractivity contribution in [1.82, 2.24) is 4.90 Å². The standard InChI is InChI=1S/C9H16ClNO3S/c1-9(2,15(3,13)14)8(12)11-5-4-7(10)6-11/h7H,4-6H2,1-3H3. The van der Waals surface area contributed by atoms with E-state index in [1.807, 2.05) is 0 Å². The molecule has 15 heavy (non-hydrogen) atoms. The van der Waals surface area contributed by atoms with E-state index >= 15 is 0 Å². The first-order valence-corrected chi connectivity index (χ1v) is 7.12. The summed E-state index contributed by atoms with van der Waals surface area (Å²) in [5.74, 6) is -0.354. The number of carbonyl (C=O) groups excluding carboxylic acids is 1. The van der Waals surface area contributed by atoms with Crippen LogP contribution in [0.5, 0.6) is 0 Å². The molecule has 1 unspecified atom stereocenters. The average Bonchev–Trinajstić information content (AvgIpc) is 2.48. The maximum atomic E-state index is 11.9. The lowest BCUT2D eigenvalue weighted by molar-refractivity contribution is -0.132. The number of alkyl halides is 1. The predicted molar refractivity (Wildman–Crippen MR) is 59.8 cm³/mol. The number of amides is 1. The minimum absolute atomic E-state index is 0.0516. The molecule has 0 saturated carbocycles. The fraction of sp³-hybridized carbons (Fsp3) is 0.889. The summed E-state index contributed by atoms with van der Waals surface area (Å²) in [5.41, 5.74) is 0. The van der Waals surface area contributed by atoms with Crippen LogP contribution in [0.1, 0.15) is 20.3 Å². The number of hydrogen-bond acceptors (Lipinski definition) is 3. The van der Waals surface area contributed by atoms with Crippen LogP contribution in [0.2, 0.25) is 0 Å². The summed E-state index contributed by atoms with van der Waals surface area (Å²) >= 11 is 5.87. The topological polar surface area (TPSA) is 54.5 Å². The van der Waals surface area contributed by atoms with Crippen LogP contribution in [-0.4, -0.2) is 48.7 Å². The summed E-state index contributed by atoms with van der Waals surface area (Å²) < 4.78 is 21.6. The van der Waals surface area contributed by atoms with Gasteiger partial charge in [0.25, 0.3) is 0 Å². The highest BCUT2D eigenvalue weighted by molar-refractivity contribution is 7.92. The lowest BCUT2D eigenvalue weighted by atomic mass is 10.2. The quantitative estimate of drug-likeness (QED) is 0.679. The Balaban J connectivity index is 2.86. The number of hydrogen-bond donors (Lipinski definition) is 0. The van der Waals surface area contributed by atoms with Crippen LogP contribution >= 0.6 is 11.6 Å². The zero-order valence-corrected chi connectivity index (χ0v) is 10.7. The van der Waals surface area contributed by atoms with Gasteiger partial charge in [0.15, 0.2) is 9.84 Å². The summed E-state index contributed by atoms with van der Waals surface area (Å²) in [6, 6.07) is 0. The van der Waals surface area contributed by atoms with Crippen molar-refractivity contribution in [2.45, 2.75) is 30.4 Å². The summed E-state index contributed by atoms with van der Waals surface area (Å²) in [4.78, 5) is 13.5. The minimum Gasteiger partial charge on any atom is -0.340 e. The van der Waals surface area contributed by atoms with Crippen LogP contribution in [-0.2, 0) is 14.6 Å². The highest BCUT2D eigenvalue weighted by atomic mass is 35.5. The molecule has 1 aliphatic rings. The van der Waals surface area contributed by atoms with E-state index in [4.69, 9.17) is 11.6 Å². The normalized spacial score (nSPS) is 23.2. The van der Waals surface area contributed by atoms with Crippen molar-refractivity contribution in [2.24, 2.45) is 0 Å². The van der Waals surface area contributed by atoms with Gasteiger partial charge in [-0.15, -0.1) is 11.6 Å². The van der Waals surface area contributed by atoms with Gasteiger partial charge in [-0.05, 0) is 20.3 Å². The first-order valence-electron chi connectivity index (χ1n) is 4.79. The minimum atomic E-state index is -3.39. The van der Waals surface area contributed by atoms with Gasteiger partial charge in [-0.3, -0.25) is 4.79 Å². The van der Waals surface area contributed by atoms with Gasteiger partial charge in [-0.1, -0.05) is 0 Å². The van der Waals surface area contributed by atoms with Crippen molar-refractivity contribution in [3.8, 4) is 0 Å². The second-order valence-corrected chi connectivity index (χ2v) is 7.60.